The van der Waals surface area contributed by atoms with Crippen LogP contribution in [0.2, 0.25) is 0 Å². The van der Waals surface area contributed by atoms with Crippen molar-refractivity contribution in [3.63, 3.8) is 0 Å². The highest BCUT2D eigenvalue weighted by Crippen LogP contribution is 2.15. The molecule has 0 atom stereocenters. The van der Waals surface area contributed by atoms with Crippen molar-refractivity contribution in [1.29, 1.82) is 0 Å². The van der Waals surface area contributed by atoms with E-state index >= 15 is 0 Å². The zero-order valence-electron chi connectivity index (χ0n) is 16.1. The smallest absolute Gasteiger partial charge is 0.191 e. The van der Waals surface area contributed by atoms with Crippen molar-refractivity contribution in [3.05, 3.63) is 53.6 Å². The highest BCUT2D eigenvalue weighted by Gasteiger charge is 2.10. The largest absolute Gasteiger partial charge is 0.357 e. The van der Waals surface area contributed by atoms with Crippen molar-refractivity contribution in [1.82, 2.24) is 20.4 Å². The number of guanidine groups is 1. The number of hydrogen-bond donors (Lipinski definition) is 2. The van der Waals surface area contributed by atoms with Crippen LogP contribution in [0.1, 0.15) is 24.5 Å². The van der Waals surface area contributed by atoms with E-state index in [4.69, 9.17) is 0 Å². The Hall–Kier alpha value is -1.69. The molecule has 10 heteroatoms. The Morgan fingerprint density at radius 3 is 2.71 bits per heavy atom. The summed E-state index contributed by atoms with van der Waals surface area (Å²) in [5, 5.41) is 10.5. The fourth-order valence-electron chi connectivity index (χ4n) is 2.55. The summed E-state index contributed by atoms with van der Waals surface area (Å²) in [6.07, 6.45) is 5.68. The van der Waals surface area contributed by atoms with Crippen LogP contribution < -0.4 is 10.6 Å². The highest BCUT2D eigenvalue weighted by molar-refractivity contribution is 14.0. The molecule has 1 heterocycles. The van der Waals surface area contributed by atoms with Crippen LogP contribution in [0.3, 0.4) is 0 Å². The summed E-state index contributed by atoms with van der Waals surface area (Å²) in [6.45, 7) is 4.33. The van der Waals surface area contributed by atoms with E-state index in [1.165, 1.54) is 18.2 Å². The Morgan fingerprint density at radius 1 is 1.29 bits per heavy atom. The summed E-state index contributed by atoms with van der Waals surface area (Å²) >= 11 is 0. The van der Waals surface area contributed by atoms with Gasteiger partial charge in [-0.25, -0.2) is 17.8 Å². The van der Waals surface area contributed by atoms with Gasteiger partial charge in [0.2, 0.25) is 0 Å². The minimum atomic E-state index is -3.21. The van der Waals surface area contributed by atoms with Gasteiger partial charge >= 0.3 is 0 Å². The van der Waals surface area contributed by atoms with E-state index in [-0.39, 0.29) is 36.3 Å². The second-order valence-corrected chi connectivity index (χ2v) is 8.37. The van der Waals surface area contributed by atoms with Crippen molar-refractivity contribution in [2.45, 2.75) is 32.2 Å². The third-order valence-electron chi connectivity index (χ3n) is 3.75. The topological polar surface area (TPSA) is 88.4 Å². The van der Waals surface area contributed by atoms with E-state index in [9.17, 15) is 12.8 Å². The van der Waals surface area contributed by atoms with Gasteiger partial charge in [-0.1, -0.05) is 6.07 Å². The lowest BCUT2D eigenvalue weighted by atomic mass is 10.1. The van der Waals surface area contributed by atoms with Crippen molar-refractivity contribution in [2.24, 2.45) is 4.99 Å². The summed E-state index contributed by atoms with van der Waals surface area (Å²) in [7, 11) is -3.21. The first-order valence-electron chi connectivity index (χ1n) is 8.82. The van der Waals surface area contributed by atoms with E-state index < -0.39 is 15.7 Å². The molecular formula is C18H27FIN5O2S. The highest BCUT2D eigenvalue weighted by atomic mass is 127. The summed E-state index contributed by atoms with van der Waals surface area (Å²) in [6, 6.07) is 6.00. The average molecular weight is 523 g/mol. The molecule has 2 rings (SSSR count). The minimum Gasteiger partial charge on any atom is -0.357 e. The molecule has 2 N–H and O–H groups in total. The Labute approximate surface area is 182 Å². The van der Waals surface area contributed by atoms with Crippen molar-refractivity contribution in [3.8, 4) is 0 Å². The van der Waals surface area contributed by atoms with Crippen LogP contribution in [0.25, 0.3) is 0 Å². The van der Waals surface area contributed by atoms with Gasteiger partial charge in [-0.15, -0.1) is 24.0 Å². The van der Waals surface area contributed by atoms with Crippen LogP contribution in [0.4, 0.5) is 4.39 Å². The van der Waals surface area contributed by atoms with Crippen molar-refractivity contribution in [2.75, 3.05) is 19.3 Å². The lowest BCUT2D eigenvalue weighted by Crippen LogP contribution is -2.38. The Morgan fingerprint density at radius 2 is 2.07 bits per heavy atom. The third kappa shape index (κ3) is 9.00. The summed E-state index contributed by atoms with van der Waals surface area (Å²) < 4.78 is 38.6. The molecule has 28 heavy (non-hydrogen) atoms. The number of aliphatic imine (C=N–C) groups is 1. The number of sulfone groups is 1. The molecule has 0 radical (unpaired) electrons. The molecule has 156 valence electrons. The predicted octanol–water partition coefficient (Wildman–Crippen LogP) is 2.33. The number of aryl methyl sites for hydroxylation is 1. The number of nitrogens with one attached hydrogen (secondary N) is 2. The molecular weight excluding hydrogens is 496 g/mol. The average Bonchev–Trinajstić information content (AvgIpc) is 3.10. The first-order chi connectivity index (χ1) is 12.9. The number of hydrogen-bond acceptors (Lipinski definition) is 4. The molecule has 0 aliphatic heterocycles. The second-order valence-electron chi connectivity index (χ2n) is 6.23. The van der Waals surface area contributed by atoms with E-state index in [0.29, 0.717) is 30.2 Å². The predicted molar refractivity (Wildman–Crippen MR) is 120 cm³/mol. The number of rotatable bonds is 9. The molecule has 0 aliphatic rings. The summed E-state index contributed by atoms with van der Waals surface area (Å²) in [4.78, 5) is 4.46. The van der Waals surface area contributed by atoms with Crippen LogP contribution in [-0.2, 0) is 28.7 Å². The lowest BCUT2D eigenvalue weighted by Gasteiger charge is -2.12. The molecule has 0 bridgehead atoms. The third-order valence-corrected chi connectivity index (χ3v) is 4.59. The maximum absolute atomic E-state index is 13.6. The molecule has 0 fully saturated rings. The first kappa shape index (κ1) is 24.3. The van der Waals surface area contributed by atoms with Gasteiger partial charge in [0.15, 0.2) is 15.8 Å². The van der Waals surface area contributed by atoms with Gasteiger partial charge in [0.05, 0.1) is 12.3 Å². The number of halogens is 2. The van der Waals surface area contributed by atoms with E-state index in [2.05, 4.69) is 20.7 Å². The molecule has 7 nitrogen and oxygen atoms in total. The van der Waals surface area contributed by atoms with E-state index in [0.717, 1.165) is 19.2 Å². The van der Waals surface area contributed by atoms with Gasteiger partial charge in [0.1, 0.15) is 5.82 Å². The number of aromatic nitrogens is 2. The zero-order valence-corrected chi connectivity index (χ0v) is 19.2. The maximum atomic E-state index is 13.6. The maximum Gasteiger partial charge on any atom is 0.191 e. The molecule has 1 aromatic carbocycles. The molecule has 1 aromatic heterocycles. The quantitative estimate of drug-likeness (QED) is 0.228. The molecule has 0 aliphatic carbocycles. The van der Waals surface area contributed by atoms with Crippen molar-refractivity contribution < 1.29 is 12.8 Å². The van der Waals surface area contributed by atoms with Gasteiger partial charge in [0.25, 0.3) is 0 Å². The zero-order chi connectivity index (χ0) is 19.7. The normalized spacial score (nSPS) is 11.8. The van der Waals surface area contributed by atoms with Crippen molar-refractivity contribution >= 4 is 39.8 Å². The lowest BCUT2D eigenvalue weighted by molar-refractivity contribution is 0.570. The Kier molecular flexibility index (Phi) is 10.4. The number of nitrogens with zero attached hydrogens (tertiary/aromatic N) is 3. The van der Waals surface area contributed by atoms with Gasteiger partial charge in [-0.2, -0.15) is 5.10 Å². The minimum absolute atomic E-state index is 0. The van der Waals surface area contributed by atoms with Crippen LogP contribution >= 0.6 is 24.0 Å². The molecule has 0 amide bonds. The molecule has 0 saturated heterocycles. The molecule has 0 spiro atoms. The van der Waals surface area contributed by atoms with Gasteiger partial charge in [-0.3, -0.25) is 4.68 Å². The molecule has 0 unspecified atom stereocenters. The standard InChI is InChI=1S/C18H26FN5O2S.HI/c1-3-20-18(21-8-4-10-24-11-5-9-23-24)22-13-16-12-17(19)7-6-15(16)14-27(2,25)26;/h5-7,9,11-12H,3-4,8,10,13-14H2,1-2H3,(H2,20,21,22);1H. The SMILES string of the molecule is CCNC(=NCc1cc(F)ccc1CS(C)(=O)=O)NCCCn1cccn1.I. The van der Waals surface area contributed by atoms with Gasteiger partial charge < -0.3 is 10.6 Å². The van der Waals surface area contributed by atoms with Crippen LogP contribution in [0, 0.1) is 5.82 Å². The second kappa shape index (κ2) is 12.0. The van der Waals surface area contributed by atoms with Crippen LogP contribution in [0.15, 0.2) is 41.7 Å². The summed E-state index contributed by atoms with van der Waals surface area (Å²) in [5.74, 6) is 0.0635. The summed E-state index contributed by atoms with van der Waals surface area (Å²) in [5.41, 5.74) is 1.13. The fourth-order valence-corrected chi connectivity index (χ4v) is 3.40. The van der Waals surface area contributed by atoms with Crippen LogP contribution in [-0.4, -0.2) is 43.5 Å². The molecule has 0 saturated carbocycles. The number of benzene rings is 1. The Balaban J connectivity index is 0.00000392. The fraction of sp³-hybridized carbons (Fsp3) is 0.444. The molecule has 2 aromatic rings. The van der Waals surface area contributed by atoms with Gasteiger partial charge in [0, 0.05) is 38.3 Å². The van der Waals surface area contributed by atoms with Gasteiger partial charge in [-0.05, 0) is 42.7 Å². The van der Waals surface area contributed by atoms with E-state index in [1.54, 1.807) is 6.20 Å². The monoisotopic (exact) mass is 523 g/mol. The van der Waals surface area contributed by atoms with E-state index in [1.807, 2.05) is 23.9 Å². The first-order valence-corrected chi connectivity index (χ1v) is 10.9. The van der Waals surface area contributed by atoms with Crippen LogP contribution in [0.5, 0.6) is 0 Å². The Bertz CT molecular complexity index is 857.